The lowest BCUT2D eigenvalue weighted by Crippen LogP contribution is -2.56. The van der Waals surface area contributed by atoms with Crippen molar-refractivity contribution in [2.24, 2.45) is 11.3 Å². The van der Waals surface area contributed by atoms with E-state index in [2.05, 4.69) is 31.9 Å². The maximum absolute atomic E-state index is 12.6. The predicted octanol–water partition coefficient (Wildman–Crippen LogP) is 3.60. The van der Waals surface area contributed by atoms with E-state index in [1.165, 1.54) is 0 Å². The molecular weight excluding hydrogens is 414 g/mol. The standard InChI is InChI=1S/C19H28BrN3O4/c1-11(2)10-14(16(24)23-15(17(25)26)19(3,4)5)22-18(27)21-13-8-6-12(20)7-9-13/h6-9,11,14-15H,10H2,1-5H3,(H,23,24)(H,25,26)(H2,21,22,27). The first-order valence-corrected chi connectivity index (χ1v) is 9.55. The van der Waals surface area contributed by atoms with Crippen LogP contribution >= 0.6 is 15.9 Å². The summed E-state index contributed by atoms with van der Waals surface area (Å²) in [6, 6.07) is 4.59. The lowest BCUT2D eigenvalue weighted by Gasteiger charge is -2.30. The molecule has 0 aliphatic carbocycles. The fourth-order valence-corrected chi connectivity index (χ4v) is 2.72. The van der Waals surface area contributed by atoms with Crippen LogP contribution in [0.25, 0.3) is 0 Å². The number of nitrogens with one attached hydrogen (secondary N) is 3. The molecule has 0 fully saturated rings. The van der Waals surface area contributed by atoms with Crippen molar-refractivity contribution in [2.75, 3.05) is 5.32 Å². The van der Waals surface area contributed by atoms with Crippen LogP contribution in [-0.4, -0.2) is 35.1 Å². The third kappa shape index (κ3) is 7.99. The zero-order valence-corrected chi connectivity index (χ0v) is 17.9. The average molecular weight is 442 g/mol. The van der Waals surface area contributed by atoms with Crippen LogP contribution in [0.2, 0.25) is 0 Å². The number of carboxylic acids is 1. The lowest BCUT2D eigenvalue weighted by atomic mass is 9.86. The highest BCUT2D eigenvalue weighted by Gasteiger charge is 2.34. The number of benzene rings is 1. The monoisotopic (exact) mass is 441 g/mol. The van der Waals surface area contributed by atoms with Gasteiger partial charge >= 0.3 is 12.0 Å². The Morgan fingerprint density at radius 2 is 1.63 bits per heavy atom. The van der Waals surface area contributed by atoms with E-state index >= 15 is 0 Å². The molecule has 27 heavy (non-hydrogen) atoms. The molecule has 1 aromatic carbocycles. The topological polar surface area (TPSA) is 108 Å². The molecule has 4 N–H and O–H groups in total. The molecule has 0 spiro atoms. The summed E-state index contributed by atoms with van der Waals surface area (Å²) in [5.41, 5.74) is -0.0821. The number of aliphatic carboxylic acids is 1. The molecule has 1 rings (SSSR count). The van der Waals surface area contributed by atoms with Crippen LogP contribution in [0.5, 0.6) is 0 Å². The summed E-state index contributed by atoms with van der Waals surface area (Å²) in [7, 11) is 0. The smallest absolute Gasteiger partial charge is 0.326 e. The SMILES string of the molecule is CC(C)CC(NC(=O)Nc1ccc(Br)cc1)C(=O)NC(C(=O)O)C(C)(C)C. The molecule has 0 heterocycles. The number of hydrogen-bond donors (Lipinski definition) is 4. The first-order chi connectivity index (χ1) is 12.4. The predicted molar refractivity (Wildman–Crippen MR) is 109 cm³/mol. The van der Waals surface area contributed by atoms with Crippen molar-refractivity contribution in [3.63, 3.8) is 0 Å². The number of carbonyl (C=O) groups excluding carboxylic acids is 2. The fourth-order valence-electron chi connectivity index (χ4n) is 2.45. The molecule has 0 radical (unpaired) electrons. The molecule has 150 valence electrons. The number of rotatable bonds is 7. The Labute approximate surface area is 168 Å². The van der Waals surface area contributed by atoms with Crippen molar-refractivity contribution in [2.45, 2.75) is 53.1 Å². The molecular formula is C19H28BrN3O4. The Hall–Kier alpha value is -2.09. The summed E-state index contributed by atoms with van der Waals surface area (Å²) >= 11 is 3.32. The second kappa shape index (κ2) is 9.73. The quantitative estimate of drug-likeness (QED) is 0.518. The van der Waals surface area contributed by atoms with E-state index in [-0.39, 0.29) is 5.92 Å². The maximum Gasteiger partial charge on any atom is 0.326 e. The summed E-state index contributed by atoms with van der Waals surface area (Å²) in [6.07, 6.45) is 0.385. The molecule has 0 aliphatic heterocycles. The summed E-state index contributed by atoms with van der Waals surface area (Å²) in [4.78, 5) is 36.4. The molecule has 0 aliphatic rings. The van der Waals surface area contributed by atoms with Crippen molar-refractivity contribution < 1.29 is 19.5 Å². The summed E-state index contributed by atoms with van der Waals surface area (Å²) in [5, 5.41) is 17.3. The van der Waals surface area contributed by atoms with Gasteiger partial charge < -0.3 is 21.1 Å². The Balaban J connectivity index is 2.84. The molecule has 2 unspecified atom stereocenters. The molecule has 1 aromatic rings. The van der Waals surface area contributed by atoms with E-state index in [9.17, 15) is 19.5 Å². The van der Waals surface area contributed by atoms with Gasteiger partial charge in [0.25, 0.3) is 0 Å². The van der Waals surface area contributed by atoms with Crippen molar-refractivity contribution >= 4 is 39.5 Å². The third-order valence-corrected chi connectivity index (χ3v) is 4.36. The second-order valence-corrected chi connectivity index (χ2v) is 8.85. The van der Waals surface area contributed by atoms with Gasteiger partial charge in [0.2, 0.25) is 5.91 Å². The third-order valence-electron chi connectivity index (χ3n) is 3.83. The minimum atomic E-state index is -1.11. The van der Waals surface area contributed by atoms with Gasteiger partial charge in [-0.25, -0.2) is 9.59 Å². The van der Waals surface area contributed by atoms with Crippen LogP contribution in [0.15, 0.2) is 28.7 Å². The number of hydrogen-bond acceptors (Lipinski definition) is 3. The van der Waals surface area contributed by atoms with E-state index in [0.717, 1.165) is 4.47 Å². The number of halogens is 1. The Kier molecular flexibility index (Phi) is 8.27. The van der Waals surface area contributed by atoms with Gasteiger partial charge in [-0.1, -0.05) is 50.5 Å². The molecule has 3 amide bonds. The van der Waals surface area contributed by atoms with Crippen molar-refractivity contribution in [1.82, 2.24) is 10.6 Å². The first-order valence-electron chi connectivity index (χ1n) is 8.76. The number of carbonyl (C=O) groups is 3. The minimum absolute atomic E-state index is 0.131. The zero-order valence-electron chi connectivity index (χ0n) is 16.3. The number of amides is 3. The van der Waals surface area contributed by atoms with E-state index < -0.39 is 35.4 Å². The largest absolute Gasteiger partial charge is 0.480 e. The van der Waals surface area contributed by atoms with Crippen LogP contribution in [0, 0.1) is 11.3 Å². The van der Waals surface area contributed by atoms with Gasteiger partial charge in [0, 0.05) is 10.2 Å². The van der Waals surface area contributed by atoms with Gasteiger partial charge in [-0.05, 0) is 42.0 Å². The highest BCUT2D eigenvalue weighted by atomic mass is 79.9. The van der Waals surface area contributed by atoms with E-state index in [0.29, 0.717) is 12.1 Å². The molecule has 0 bridgehead atoms. The Morgan fingerprint density at radius 3 is 2.07 bits per heavy atom. The zero-order chi connectivity index (χ0) is 20.8. The van der Waals surface area contributed by atoms with Crippen LogP contribution in [0.1, 0.15) is 41.0 Å². The van der Waals surface area contributed by atoms with Crippen molar-refractivity contribution in [3.05, 3.63) is 28.7 Å². The lowest BCUT2D eigenvalue weighted by molar-refractivity contribution is -0.145. The number of anilines is 1. The first kappa shape index (κ1) is 23.0. The van der Waals surface area contributed by atoms with Crippen molar-refractivity contribution in [1.29, 1.82) is 0 Å². The van der Waals surface area contributed by atoms with Crippen LogP contribution < -0.4 is 16.0 Å². The molecule has 7 nitrogen and oxygen atoms in total. The molecule has 2 atom stereocenters. The Bertz CT molecular complexity index is 669. The molecule has 0 aromatic heterocycles. The van der Waals surface area contributed by atoms with E-state index in [4.69, 9.17) is 0 Å². The average Bonchev–Trinajstić information content (AvgIpc) is 2.52. The van der Waals surface area contributed by atoms with Gasteiger partial charge in [0.1, 0.15) is 12.1 Å². The second-order valence-electron chi connectivity index (χ2n) is 7.93. The maximum atomic E-state index is 12.6. The summed E-state index contributed by atoms with van der Waals surface area (Å²) < 4.78 is 0.882. The van der Waals surface area contributed by atoms with E-state index in [1.54, 1.807) is 45.0 Å². The molecule has 8 heteroatoms. The van der Waals surface area contributed by atoms with Crippen LogP contribution in [0.3, 0.4) is 0 Å². The van der Waals surface area contributed by atoms with E-state index in [1.807, 2.05) is 13.8 Å². The minimum Gasteiger partial charge on any atom is -0.480 e. The highest BCUT2D eigenvalue weighted by Crippen LogP contribution is 2.20. The normalized spacial score (nSPS) is 13.6. The Morgan fingerprint density at radius 1 is 1.07 bits per heavy atom. The molecule has 0 saturated heterocycles. The number of carboxylic acid groups (broad SMARTS) is 1. The van der Waals surface area contributed by atoms with Gasteiger partial charge in [0.15, 0.2) is 0 Å². The van der Waals surface area contributed by atoms with Gasteiger partial charge in [-0.3, -0.25) is 4.79 Å². The molecule has 0 saturated carbocycles. The van der Waals surface area contributed by atoms with Gasteiger partial charge in [0.05, 0.1) is 0 Å². The van der Waals surface area contributed by atoms with Gasteiger partial charge in [-0.15, -0.1) is 0 Å². The van der Waals surface area contributed by atoms with Crippen molar-refractivity contribution in [3.8, 4) is 0 Å². The summed E-state index contributed by atoms with van der Waals surface area (Å²) in [5.74, 6) is -1.50. The summed E-state index contributed by atoms with van der Waals surface area (Å²) in [6.45, 7) is 9.05. The number of urea groups is 1. The van der Waals surface area contributed by atoms with Crippen LogP contribution in [0.4, 0.5) is 10.5 Å². The highest BCUT2D eigenvalue weighted by molar-refractivity contribution is 9.10. The fraction of sp³-hybridized carbons (Fsp3) is 0.526. The van der Waals surface area contributed by atoms with Crippen LogP contribution in [-0.2, 0) is 9.59 Å². The van der Waals surface area contributed by atoms with Gasteiger partial charge in [-0.2, -0.15) is 0 Å².